The molecule has 6 nitrogen and oxygen atoms in total. The minimum absolute atomic E-state index is 0. The highest BCUT2D eigenvalue weighted by atomic mass is 127. The molecule has 1 atom stereocenters. The largest absolute Gasteiger partial charge is 1.00 e. The van der Waals surface area contributed by atoms with Crippen molar-refractivity contribution in [2.45, 2.75) is 103 Å². The lowest BCUT2D eigenvalue weighted by Crippen LogP contribution is -3.00. The highest BCUT2D eigenvalue weighted by molar-refractivity contribution is 5.76. The molecule has 37 heavy (non-hydrogen) atoms. The molecule has 1 rings (SSSR count). The van der Waals surface area contributed by atoms with Crippen molar-refractivity contribution in [2.24, 2.45) is 0 Å². The van der Waals surface area contributed by atoms with Gasteiger partial charge in [-0.15, -0.1) is 0 Å². The van der Waals surface area contributed by atoms with Crippen molar-refractivity contribution in [3.8, 4) is 0 Å². The molecule has 0 saturated carbocycles. The molecule has 0 aliphatic heterocycles. The summed E-state index contributed by atoms with van der Waals surface area (Å²) in [7, 11) is 8.02. The number of hydrogen-bond acceptors (Lipinski definition) is 3. The van der Waals surface area contributed by atoms with Gasteiger partial charge in [0.05, 0.1) is 40.2 Å². The Morgan fingerprint density at radius 1 is 0.865 bits per heavy atom. The van der Waals surface area contributed by atoms with Gasteiger partial charge in [-0.05, 0) is 12.0 Å². The highest BCUT2D eigenvalue weighted by Crippen LogP contribution is 2.12. The SMILES string of the molecule is CCCCCCCCCCCCCCN(C)C(=O)N[C@H](CC(=O)OCc1ccccc1)C[N+](C)(C)C.[I-]. The second kappa shape index (κ2) is 21.6. The summed E-state index contributed by atoms with van der Waals surface area (Å²) in [6.45, 7) is 3.90. The molecule has 1 aromatic rings. The number of benzene rings is 1. The summed E-state index contributed by atoms with van der Waals surface area (Å²) < 4.78 is 6.11. The number of rotatable bonds is 20. The topological polar surface area (TPSA) is 58.6 Å². The van der Waals surface area contributed by atoms with Gasteiger partial charge in [0, 0.05) is 13.6 Å². The zero-order chi connectivity index (χ0) is 26.7. The molecule has 0 aromatic heterocycles. The van der Waals surface area contributed by atoms with Crippen molar-refractivity contribution < 1.29 is 42.8 Å². The van der Waals surface area contributed by atoms with E-state index < -0.39 is 0 Å². The number of nitrogens with zero attached hydrogens (tertiary/aromatic N) is 2. The fourth-order valence-corrected chi connectivity index (χ4v) is 4.40. The number of urea groups is 1. The quantitative estimate of drug-likeness (QED) is 0.104. The maximum absolute atomic E-state index is 12.8. The van der Waals surface area contributed by atoms with E-state index in [1.165, 1.54) is 64.2 Å². The van der Waals surface area contributed by atoms with Gasteiger partial charge in [0.2, 0.25) is 0 Å². The number of esters is 1. The Bertz CT molecular complexity index is 710. The first-order valence-corrected chi connectivity index (χ1v) is 14.2. The van der Waals surface area contributed by atoms with Crippen molar-refractivity contribution in [1.82, 2.24) is 10.2 Å². The lowest BCUT2D eigenvalue weighted by molar-refractivity contribution is -0.871. The van der Waals surface area contributed by atoms with E-state index in [2.05, 4.69) is 33.4 Å². The molecule has 0 heterocycles. The number of quaternary nitrogens is 1. The Balaban J connectivity index is 0.0000130. The molecule has 0 aliphatic rings. The second-order valence-corrected chi connectivity index (χ2v) is 11.3. The molecule has 0 fully saturated rings. The van der Waals surface area contributed by atoms with Crippen LogP contribution in [0.2, 0.25) is 0 Å². The summed E-state index contributed by atoms with van der Waals surface area (Å²) in [5.41, 5.74) is 0.959. The second-order valence-electron chi connectivity index (χ2n) is 11.3. The molecular formula is C30H54IN3O3. The van der Waals surface area contributed by atoms with Gasteiger partial charge in [-0.25, -0.2) is 4.79 Å². The van der Waals surface area contributed by atoms with Gasteiger partial charge in [0.1, 0.15) is 6.61 Å². The summed E-state index contributed by atoms with van der Waals surface area (Å²) in [6.07, 6.45) is 15.8. The van der Waals surface area contributed by atoms with E-state index in [1.54, 1.807) is 4.90 Å². The molecule has 0 unspecified atom stereocenters. The van der Waals surface area contributed by atoms with Crippen LogP contribution < -0.4 is 29.3 Å². The summed E-state index contributed by atoms with van der Waals surface area (Å²) in [5, 5.41) is 3.07. The average molecular weight is 632 g/mol. The van der Waals surface area contributed by atoms with Crippen molar-refractivity contribution in [2.75, 3.05) is 41.3 Å². The fraction of sp³-hybridized carbons (Fsp3) is 0.733. The number of likely N-dealkylation sites (N-methyl/N-ethyl adjacent to an activating group) is 1. The van der Waals surface area contributed by atoms with E-state index in [4.69, 9.17) is 4.74 Å². The van der Waals surface area contributed by atoms with Gasteiger partial charge < -0.3 is 43.4 Å². The molecule has 7 heteroatoms. The molecular weight excluding hydrogens is 577 g/mol. The molecule has 1 N–H and O–H groups in total. The van der Waals surface area contributed by atoms with Gasteiger partial charge in [-0.1, -0.05) is 108 Å². The summed E-state index contributed by atoms with van der Waals surface area (Å²) in [4.78, 5) is 27.0. The highest BCUT2D eigenvalue weighted by Gasteiger charge is 2.25. The maximum Gasteiger partial charge on any atom is 0.317 e. The van der Waals surface area contributed by atoms with E-state index in [0.29, 0.717) is 11.0 Å². The van der Waals surface area contributed by atoms with E-state index in [9.17, 15) is 9.59 Å². The molecule has 0 aliphatic carbocycles. The predicted molar refractivity (Wildman–Crippen MR) is 150 cm³/mol. The van der Waals surface area contributed by atoms with Crippen LogP contribution in [-0.2, 0) is 16.1 Å². The Morgan fingerprint density at radius 3 is 1.89 bits per heavy atom. The molecule has 1 aromatic carbocycles. The zero-order valence-corrected chi connectivity index (χ0v) is 26.4. The summed E-state index contributed by atoms with van der Waals surface area (Å²) >= 11 is 0. The van der Waals surface area contributed by atoms with Crippen LogP contribution in [0.5, 0.6) is 0 Å². The third-order valence-corrected chi connectivity index (χ3v) is 6.45. The first kappa shape index (κ1) is 35.6. The zero-order valence-electron chi connectivity index (χ0n) is 24.3. The van der Waals surface area contributed by atoms with Crippen LogP contribution in [0.4, 0.5) is 4.79 Å². The Kier molecular flexibility index (Phi) is 20.8. The lowest BCUT2D eigenvalue weighted by atomic mass is 10.1. The van der Waals surface area contributed by atoms with Gasteiger partial charge in [-0.3, -0.25) is 4.79 Å². The number of unbranched alkanes of at least 4 members (excludes halogenated alkanes) is 11. The smallest absolute Gasteiger partial charge is 0.317 e. The van der Waals surface area contributed by atoms with Gasteiger partial charge >= 0.3 is 12.0 Å². The molecule has 214 valence electrons. The summed E-state index contributed by atoms with van der Waals surface area (Å²) in [5.74, 6) is -0.291. The fourth-order valence-electron chi connectivity index (χ4n) is 4.40. The van der Waals surface area contributed by atoms with E-state index in [0.717, 1.165) is 24.9 Å². The molecule has 2 amide bonds. The Morgan fingerprint density at radius 2 is 1.38 bits per heavy atom. The van der Waals surface area contributed by atoms with E-state index in [1.807, 2.05) is 37.4 Å². The van der Waals surface area contributed by atoms with Crippen LogP contribution in [0.25, 0.3) is 0 Å². The number of carbonyl (C=O) groups is 2. The van der Waals surface area contributed by atoms with Gasteiger partial charge in [-0.2, -0.15) is 0 Å². The van der Waals surface area contributed by atoms with E-state index >= 15 is 0 Å². The molecule has 0 radical (unpaired) electrons. The van der Waals surface area contributed by atoms with Crippen LogP contribution in [0.1, 0.15) is 96.0 Å². The molecule has 0 bridgehead atoms. The van der Waals surface area contributed by atoms with Crippen molar-refractivity contribution in [3.05, 3.63) is 35.9 Å². The number of hydrogen-bond donors (Lipinski definition) is 1. The number of halogens is 1. The van der Waals surface area contributed by atoms with Crippen molar-refractivity contribution in [3.63, 3.8) is 0 Å². The Labute approximate surface area is 244 Å². The molecule has 0 spiro atoms. The van der Waals surface area contributed by atoms with Crippen LogP contribution in [0.15, 0.2) is 30.3 Å². The van der Waals surface area contributed by atoms with Crippen LogP contribution in [0.3, 0.4) is 0 Å². The number of carbonyl (C=O) groups excluding carboxylic acids is 2. The third-order valence-electron chi connectivity index (χ3n) is 6.45. The van der Waals surface area contributed by atoms with Crippen molar-refractivity contribution >= 4 is 12.0 Å². The van der Waals surface area contributed by atoms with Crippen LogP contribution >= 0.6 is 0 Å². The van der Waals surface area contributed by atoms with E-state index in [-0.39, 0.29) is 55.0 Å². The minimum atomic E-state index is -0.291. The Hall–Kier alpha value is -1.35. The van der Waals surface area contributed by atoms with Gasteiger partial charge in [0.25, 0.3) is 0 Å². The van der Waals surface area contributed by atoms with Gasteiger partial charge in [0.15, 0.2) is 0 Å². The van der Waals surface area contributed by atoms with Crippen LogP contribution in [-0.4, -0.2) is 68.7 Å². The number of amides is 2. The normalized spacial score (nSPS) is 11.9. The lowest BCUT2D eigenvalue weighted by Gasteiger charge is -2.30. The first-order valence-electron chi connectivity index (χ1n) is 14.2. The minimum Gasteiger partial charge on any atom is -1.00 e. The number of nitrogens with one attached hydrogen (secondary N) is 1. The molecule has 0 saturated heterocycles. The third kappa shape index (κ3) is 20.3. The number of ether oxygens (including phenoxy) is 1. The van der Waals surface area contributed by atoms with Crippen molar-refractivity contribution in [1.29, 1.82) is 0 Å². The van der Waals surface area contributed by atoms with Crippen LogP contribution in [0, 0.1) is 0 Å². The first-order chi connectivity index (χ1) is 17.2. The standard InChI is InChI=1S/C30H53N3O3.HI/c1-6-7-8-9-10-11-12-13-14-15-16-20-23-32(2)30(35)31-28(25-33(3,4)5)24-29(34)36-26-27-21-18-17-19-22-27;/h17-19,21-22,28H,6-16,20,23-26H2,1-5H3;1H/t28-;/m1./s1. The monoisotopic (exact) mass is 631 g/mol. The maximum atomic E-state index is 12.8. The average Bonchev–Trinajstić information content (AvgIpc) is 2.82. The summed E-state index contributed by atoms with van der Waals surface area (Å²) in [6, 6.07) is 9.27. The predicted octanol–water partition coefficient (Wildman–Crippen LogP) is 3.54.